The van der Waals surface area contributed by atoms with Crippen LogP contribution in [-0.4, -0.2) is 24.5 Å². The van der Waals surface area contributed by atoms with Gasteiger partial charge in [-0.15, -0.1) is 0 Å². The molecule has 0 radical (unpaired) electrons. The lowest BCUT2D eigenvalue weighted by molar-refractivity contribution is 0.0958. The van der Waals surface area contributed by atoms with E-state index < -0.39 is 0 Å². The highest BCUT2D eigenvalue weighted by atomic mass is 32.1. The van der Waals surface area contributed by atoms with Gasteiger partial charge in [-0.1, -0.05) is 24.7 Å². The molecule has 0 bridgehead atoms. The van der Waals surface area contributed by atoms with Gasteiger partial charge < -0.3 is 16.4 Å². The highest BCUT2D eigenvalue weighted by molar-refractivity contribution is 7.18. The van der Waals surface area contributed by atoms with Crippen molar-refractivity contribution in [3.05, 3.63) is 4.88 Å². The number of thiazole rings is 1. The third kappa shape index (κ3) is 3.09. The highest BCUT2D eigenvalue weighted by Gasteiger charge is 2.14. The van der Waals surface area contributed by atoms with E-state index in [4.69, 9.17) is 5.73 Å². The van der Waals surface area contributed by atoms with Crippen molar-refractivity contribution < 1.29 is 4.79 Å². The van der Waals surface area contributed by atoms with E-state index in [2.05, 4.69) is 22.5 Å². The van der Waals surface area contributed by atoms with Gasteiger partial charge in [0.1, 0.15) is 10.7 Å². The lowest BCUT2D eigenvalue weighted by Crippen LogP contribution is -2.24. The summed E-state index contributed by atoms with van der Waals surface area (Å²) >= 11 is 1.27. The molecule has 1 heterocycles. The number of unbranched alkanes of at least 4 members (excludes halogenated alkanes) is 1. The number of nitrogens with one attached hydrogen (secondary N) is 2. The van der Waals surface area contributed by atoms with E-state index in [0.29, 0.717) is 22.4 Å². The van der Waals surface area contributed by atoms with Crippen LogP contribution in [0.25, 0.3) is 0 Å². The molecule has 1 aromatic heterocycles. The average Bonchev–Trinajstić information content (AvgIpc) is 2.60. The van der Waals surface area contributed by atoms with Gasteiger partial charge in [0.15, 0.2) is 5.13 Å². The van der Waals surface area contributed by atoms with E-state index in [9.17, 15) is 4.79 Å². The Bertz CT molecular complexity index is 337. The first-order valence-electron chi connectivity index (χ1n) is 4.91. The van der Waals surface area contributed by atoms with Crippen molar-refractivity contribution in [2.45, 2.75) is 19.8 Å². The van der Waals surface area contributed by atoms with Crippen molar-refractivity contribution in [2.75, 3.05) is 24.6 Å². The van der Waals surface area contributed by atoms with E-state index in [1.807, 2.05) is 0 Å². The number of anilines is 2. The lowest BCUT2D eigenvalue weighted by atomic mass is 10.3. The van der Waals surface area contributed by atoms with Gasteiger partial charge in [-0.2, -0.15) is 0 Å². The molecule has 0 aliphatic rings. The lowest BCUT2D eigenvalue weighted by Gasteiger charge is -2.01. The third-order valence-corrected chi connectivity index (χ3v) is 2.98. The maximum atomic E-state index is 11.6. The number of nitrogens with zero attached hydrogens (tertiary/aromatic N) is 1. The number of nitrogen functional groups attached to an aromatic ring is 1. The van der Waals surface area contributed by atoms with Gasteiger partial charge in [-0.3, -0.25) is 4.79 Å². The third-order valence-electron chi connectivity index (χ3n) is 1.89. The normalized spacial score (nSPS) is 10.0. The molecule has 0 unspecified atom stereocenters. The Morgan fingerprint density at radius 2 is 2.33 bits per heavy atom. The topological polar surface area (TPSA) is 80.0 Å². The maximum absolute atomic E-state index is 11.6. The highest BCUT2D eigenvalue weighted by Crippen LogP contribution is 2.23. The van der Waals surface area contributed by atoms with Crippen LogP contribution in [0.5, 0.6) is 0 Å². The smallest absolute Gasteiger partial charge is 0.265 e. The zero-order valence-corrected chi connectivity index (χ0v) is 9.78. The Morgan fingerprint density at radius 1 is 1.60 bits per heavy atom. The Labute approximate surface area is 93.1 Å². The first-order valence-corrected chi connectivity index (χ1v) is 5.73. The zero-order valence-electron chi connectivity index (χ0n) is 8.96. The predicted molar refractivity (Wildman–Crippen MR) is 63.3 cm³/mol. The van der Waals surface area contributed by atoms with Gasteiger partial charge in [0.25, 0.3) is 5.91 Å². The fourth-order valence-electron chi connectivity index (χ4n) is 1.06. The molecule has 1 aromatic rings. The zero-order chi connectivity index (χ0) is 11.3. The Balaban J connectivity index is 2.60. The number of aromatic nitrogens is 1. The molecule has 0 spiro atoms. The van der Waals surface area contributed by atoms with Crippen molar-refractivity contribution in [3.63, 3.8) is 0 Å². The molecule has 0 saturated heterocycles. The number of carbonyl (C=O) groups excluding carboxylic acids is 1. The van der Waals surface area contributed by atoms with Gasteiger partial charge in [0.2, 0.25) is 0 Å². The minimum Gasteiger partial charge on any atom is -0.382 e. The van der Waals surface area contributed by atoms with Gasteiger partial charge >= 0.3 is 0 Å². The summed E-state index contributed by atoms with van der Waals surface area (Å²) in [5, 5.41) is 6.32. The SMILES string of the molecule is CCCCNC(=O)c1sc(NC)nc1N. The summed E-state index contributed by atoms with van der Waals surface area (Å²) in [6.45, 7) is 2.76. The van der Waals surface area contributed by atoms with E-state index in [1.165, 1.54) is 11.3 Å². The molecule has 0 saturated carbocycles. The van der Waals surface area contributed by atoms with Gasteiger partial charge in [-0.05, 0) is 6.42 Å². The summed E-state index contributed by atoms with van der Waals surface area (Å²) in [4.78, 5) is 16.1. The van der Waals surface area contributed by atoms with Crippen LogP contribution in [0.1, 0.15) is 29.4 Å². The molecule has 1 amide bonds. The summed E-state index contributed by atoms with van der Waals surface area (Å²) < 4.78 is 0. The van der Waals surface area contributed by atoms with Crippen LogP contribution in [0.3, 0.4) is 0 Å². The van der Waals surface area contributed by atoms with Crippen molar-refractivity contribution in [3.8, 4) is 0 Å². The monoisotopic (exact) mass is 228 g/mol. The van der Waals surface area contributed by atoms with Crippen LogP contribution < -0.4 is 16.4 Å². The van der Waals surface area contributed by atoms with Gasteiger partial charge in [0, 0.05) is 13.6 Å². The number of nitrogens with two attached hydrogens (primary N) is 1. The molecule has 1 rings (SSSR count). The Kier molecular flexibility index (Phi) is 4.36. The molecule has 15 heavy (non-hydrogen) atoms. The fourth-order valence-corrected chi connectivity index (χ4v) is 1.82. The van der Waals surface area contributed by atoms with E-state index in [1.54, 1.807) is 7.05 Å². The molecule has 0 aromatic carbocycles. The summed E-state index contributed by atoms with van der Waals surface area (Å²) in [7, 11) is 1.75. The van der Waals surface area contributed by atoms with Crippen LogP contribution in [-0.2, 0) is 0 Å². The maximum Gasteiger partial charge on any atom is 0.265 e. The fraction of sp³-hybridized carbons (Fsp3) is 0.556. The van der Waals surface area contributed by atoms with Crippen LogP contribution in [0.15, 0.2) is 0 Å². The van der Waals surface area contributed by atoms with E-state index in [0.717, 1.165) is 12.8 Å². The molecule has 5 nitrogen and oxygen atoms in total. The minimum absolute atomic E-state index is 0.139. The van der Waals surface area contributed by atoms with Crippen molar-refractivity contribution in [1.29, 1.82) is 0 Å². The van der Waals surface area contributed by atoms with Crippen LogP contribution in [0, 0.1) is 0 Å². The predicted octanol–water partition coefficient (Wildman–Crippen LogP) is 1.30. The minimum atomic E-state index is -0.139. The molecule has 6 heteroatoms. The number of rotatable bonds is 5. The van der Waals surface area contributed by atoms with E-state index >= 15 is 0 Å². The first-order chi connectivity index (χ1) is 7.19. The number of hydrogen-bond acceptors (Lipinski definition) is 5. The van der Waals surface area contributed by atoms with Crippen LogP contribution in [0.2, 0.25) is 0 Å². The standard InChI is InChI=1S/C9H16N4OS/c1-3-4-5-12-8(14)6-7(10)13-9(11-2)15-6/h3-5,10H2,1-2H3,(H,11,13)(H,12,14). The largest absolute Gasteiger partial charge is 0.382 e. The molecule has 0 aliphatic carbocycles. The second-order valence-corrected chi connectivity index (χ2v) is 4.09. The summed E-state index contributed by atoms with van der Waals surface area (Å²) in [5.41, 5.74) is 5.62. The average molecular weight is 228 g/mol. The van der Waals surface area contributed by atoms with Crippen molar-refractivity contribution >= 4 is 28.2 Å². The van der Waals surface area contributed by atoms with Crippen molar-refractivity contribution in [1.82, 2.24) is 10.3 Å². The molecular weight excluding hydrogens is 212 g/mol. The molecule has 0 aliphatic heterocycles. The van der Waals surface area contributed by atoms with Crippen LogP contribution >= 0.6 is 11.3 Å². The Morgan fingerprint density at radius 3 is 2.87 bits per heavy atom. The molecule has 0 fully saturated rings. The summed E-state index contributed by atoms with van der Waals surface area (Å²) in [6.07, 6.45) is 2.03. The second-order valence-electron chi connectivity index (χ2n) is 3.09. The van der Waals surface area contributed by atoms with Crippen LogP contribution in [0.4, 0.5) is 10.9 Å². The number of carbonyl (C=O) groups is 1. The molecule has 84 valence electrons. The molecule has 0 atom stereocenters. The van der Waals surface area contributed by atoms with Gasteiger partial charge in [0.05, 0.1) is 0 Å². The summed E-state index contributed by atoms with van der Waals surface area (Å²) in [5.74, 6) is 0.151. The second kappa shape index (κ2) is 5.55. The number of amides is 1. The number of hydrogen-bond donors (Lipinski definition) is 3. The van der Waals surface area contributed by atoms with E-state index in [-0.39, 0.29) is 5.91 Å². The molecular formula is C9H16N4OS. The Hall–Kier alpha value is -1.30. The summed E-state index contributed by atoms with van der Waals surface area (Å²) in [6, 6.07) is 0. The van der Waals surface area contributed by atoms with Crippen molar-refractivity contribution in [2.24, 2.45) is 0 Å². The first kappa shape index (κ1) is 11.8. The quantitative estimate of drug-likeness (QED) is 0.664. The van der Waals surface area contributed by atoms with Gasteiger partial charge in [-0.25, -0.2) is 4.98 Å². The molecule has 4 N–H and O–H groups in total.